The summed E-state index contributed by atoms with van der Waals surface area (Å²) in [6, 6.07) is 1.27. The first-order valence-electron chi connectivity index (χ1n) is 2.82. The number of hydrogen-bond acceptors (Lipinski definition) is 3. The van der Waals surface area contributed by atoms with Crippen molar-refractivity contribution in [2.24, 2.45) is 0 Å². The molecule has 0 atom stereocenters. The Labute approximate surface area is 57.0 Å². The molecule has 1 aromatic heterocycles. The number of hydrogen-bond donors (Lipinski definition) is 0. The number of carbonyl (C=O) groups excluding carboxylic acids is 1. The van der Waals surface area contributed by atoms with Crippen LogP contribution >= 0.6 is 0 Å². The third kappa shape index (κ3) is 1.00. The lowest BCUT2D eigenvalue weighted by atomic mass is 10.5. The fraction of sp³-hybridized carbons (Fsp3) is 0.333. The average molecular weight is 141 g/mol. The highest BCUT2D eigenvalue weighted by Gasteiger charge is 2.04. The smallest absolute Gasteiger partial charge is 0.329 e. The highest BCUT2D eigenvalue weighted by Crippen LogP contribution is 1.92. The zero-order valence-corrected chi connectivity index (χ0v) is 5.75. The molecule has 0 fully saturated rings. The van der Waals surface area contributed by atoms with Gasteiger partial charge >= 0.3 is 5.63 Å². The molecule has 1 aromatic rings. The van der Waals surface area contributed by atoms with E-state index in [1.807, 2.05) is 0 Å². The van der Waals surface area contributed by atoms with Crippen LogP contribution in [-0.2, 0) is 0 Å². The molecule has 0 spiro atoms. The molecule has 0 N–H and O–H groups in total. The molecule has 4 nitrogen and oxygen atoms in total. The molecule has 1 rings (SSSR count). The van der Waals surface area contributed by atoms with E-state index in [2.05, 4.69) is 4.52 Å². The topological polar surface area (TPSA) is 52.2 Å². The minimum Gasteiger partial charge on any atom is -0.329 e. The van der Waals surface area contributed by atoms with Gasteiger partial charge in [0.15, 0.2) is 0 Å². The van der Waals surface area contributed by atoms with Crippen LogP contribution in [0.15, 0.2) is 15.4 Å². The second-order valence-corrected chi connectivity index (χ2v) is 2.01. The number of aromatic nitrogens is 1. The van der Waals surface area contributed by atoms with Gasteiger partial charge in [-0.15, -0.1) is 4.74 Å². The van der Waals surface area contributed by atoms with Crippen LogP contribution < -0.4 is 5.63 Å². The van der Waals surface area contributed by atoms with Crippen molar-refractivity contribution < 1.29 is 9.32 Å². The van der Waals surface area contributed by atoms with Crippen molar-refractivity contribution in [3.05, 3.63) is 22.2 Å². The molecule has 0 saturated carbocycles. The summed E-state index contributed by atoms with van der Waals surface area (Å²) in [7, 11) is 0. The first kappa shape index (κ1) is 6.80. The molecule has 0 unspecified atom stereocenters. The first-order chi connectivity index (χ1) is 4.61. The van der Waals surface area contributed by atoms with Crippen LogP contribution in [0.5, 0.6) is 0 Å². The Morgan fingerprint density at radius 2 is 2.30 bits per heavy atom. The lowest BCUT2D eigenvalue weighted by Crippen LogP contribution is -2.06. The molecule has 0 aliphatic heterocycles. The predicted octanol–water partition coefficient (Wildman–Crippen LogP) is 0.410. The zero-order chi connectivity index (χ0) is 7.72. The van der Waals surface area contributed by atoms with Gasteiger partial charge in [0.05, 0.1) is 5.69 Å². The Morgan fingerprint density at radius 3 is 2.50 bits per heavy atom. The van der Waals surface area contributed by atoms with Crippen LogP contribution in [0.1, 0.15) is 17.4 Å². The van der Waals surface area contributed by atoms with E-state index in [1.54, 1.807) is 6.92 Å². The fourth-order valence-corrected chi connectivity index (χ4v) is 0.730. The second-order valence-electron chi connectivity index (χ2n) is 2.01. The number of carbonyl (C=O) groups is 1. The summed E-state index contributed by atoms with van der Waals surface area (Å²) in [4.78, 5) is 21.1. The average Bonchev–Trinajstić information content (AvgIpc) is 2.10. The number of rotatable bonds is 0. The second kappa shape index (κ2) is 2.13. The van der Waals surface area contributed by atoms with Crippen molar-refractivity contribution >= 4 is 5.91 Å². The molecule has 0 bridgehead atoms. The van der Waals surface area contributed by atoms with E-state index in [1.165, 1.54) is 13.0 Å². The van der Waals surface area contributed by atoms with Crippen molar-refractivity contribution in [3.63, 3.8) is 0 Å². The van der Waals surface area contributed by atoms with Crippen molar-refractivity contribution in [2.75, 3.05) is 0 Å². The van der Waals surface area contributed by atoms with Crippen molar-refractivity contribution in [3.8, 4) is 0 Å². The Bertz CT molecular complexity index is 307. The zero-order valence-electron chi connectivity index (χ0n) is 5.75. The first-order valence-corrected chi connectivity index (χ1v) is 2.82. The van der Waals surface area contributed by atoms with E-state index in [-0.39, 0.29) is 5.91 Å². The minimum absolute atomic E-state index is 0.292. The third-order valence-electron chi connectivity index (χ3n) is 1.11. The van der Waals surface area contributed by atoms with Crippen LogP contribution in [0.25, 0.3) is 0 Å². The standard InChI is InChI=1S/C6H7NO3/c1-4-3-6(9)10-7(4)5(2)8/h3H,1-2H3. The predicted molar refractivity (Wildman–Crippen MR) is 34.0 cm³/mol. The van der Waals surface area contributed by atoms with Crippen LogP contribution in [0.2, 0.25) is 0 Å². The van der Waals surface area contributed by atoms with Crippen molar-refractivity contribution in [1.82, 2.24) is 4.74 Å². The van der Waals surface area contributed by atoms with E-state index in [9.17, 15) is 9.59 Å². The molecular formula is C6H7NO3. The van der Waals surface area contributed by atoms with Gasteiger partial charge in [-0.2, -0.15) is 0 Å². The van der Waals surface area contributed by atoms with Gasteiger partial charge in [-0.1, -0.05) is 0 Å². The minimum atomic E-state index is -0.493. The molecule has 0 saturated heterocycles. The molecule has 0 amide bonds. The molecule has 1 heterocycles. The van der Waals surface area contributed by atoms with E-state index >= 15 is 0 Å². The Morgan fingerprint density at radius 1 is 1.70 bits per heavy atom. The summed E-state index contributed by atoms with van der Waals surface area (Å²) in [6.45, 7) is 2.96. The summed E-state index contributed by atoms with van der Waals surface area (Å²) in [5.74, 6) is -0.292. The SMILES string of the molecule is CC(=O)n1oc(=O)cc1C. The molecule has 0 aliphatic carbocycles. The van der Waals surface area contributed by atoms with Gasteiger partial charge in [0.25, 0.3) is 5.91 Å². The molecule has 4 heteroatoms. The van der Waals surface area contributed by atoms with Crippen LogP contribution in [-0.4, -0.2) is 10.6 Å². The van der Waals surface area contributed by atoms with E-state index in [0.29, 0.717) is 5.69 Å². The van der Waals surface area contributed by atoms with E-state index in [0.717, 1.165) is 4.74 Å². The molecule has 0 radical (unpaired) electrons. The van der Waals surface area contributed by atoms with Crippen LogP contribution in [0.4, 0.5) is 0 Å². The van der Waals surface area contributed by atoms with Gasteiger partial charge in [0.1, 0.15) is 0 Å². The van der Waals surface area contributed by atoms with Crippen molar-refractivity contribution in [2.45, 2.75) is 13.8 Å². The van der Waals surface area contributed by atoms with Gasteiger partial charge in [-0.05, 0) is 6.92 Å². The lowest BCUT2D eigenvalue weighted by Gasteiger charge is -1.92. The molecule has 54 valence electrons. The normalized spacial score (nSPS) is 9.80. The molecule has 0 aliphatic rings. The van der Waals surface area contributed by atoms with Gasteiger partial charge in [0.2, 0.25) is 0 Å². The number of aryl methyl sites for hydroxylation is 1. The maximum Gasteiger partial charge on any atom is 0.358 e. The molecular weight excluding hydrogens is 134 g/mol. The summed E-state index contributed by atoms with van der Waals surface area (Å²) in [6.07, 6.45) is 0. The summed E-state index contributed by atoms with van der Waals surface area (Å²) < 4.78 is 5.45. The third-order valence-corrected chi connectivity index (χ3v) is 1.11. The molecule has 0 aromatic carbocycles. The number of nitrogens with zero attached hydrogens (tertiary/aromatic N) is 1. The van der Waals surface area contributed by atoms with Crippen molar-refractivity contribution in [1.29, 1.82) is 0 Å². The highest BCUT2D eigenvalue weighted by molar-refractivity contribution is 5.75. The maximum atomic E-state index is 10.6. The van der Waals surface area contributed by atoms with Gasteiger partial charge in [0, 0.05) is 13.0 Å². The molecule has 10 heavy (non-hydrogen) atoms. The van der Waals surface area contributed by atoms with E-state index in [4.69, 9.17) is 0 Å². The Hall–Kier alpha value is -1.32. The van der Waals surface area contributed by atoms with Gasteiger partial charge in [-0.3, -0.25) is 4.79 Å². The largest absolute Gasteiger partial charge is 0.358 e. The van der Waals surface area contributed by atoms with E-state index < -0.39 is 5.63 Å². The maximum absolute atomic E-state index is 10.6. The monoisotopic (exact) mass is 141 g/mol. The summed E-state index contributed by atoms with van der Waals surface area (Å²) in [5, 5.41) is 0. The van der Waals surface area contributed by atoms with Gasteiger partial charge < -0.3 is 4.52 Å². The lowest BCUT2D eigenvalue weighted by molar-refractivity contribution is 0.0807. The highest BCUT2D eigenvalue weighted by atomic mass is 16.5. The Balaban J connectivity index is 3.28. The quantitative estimate of drug-likeness (QED) is 0.525. The summed E-state index contributed by atoms with van der Waals surface area (Å²) >= 11 is 0. The fourth-order valence-electron chi connectivity index (χ4n) is 0.730. The van der Waals surface area contributed by atoms with Crippen LogP contribution in [0.3, 0.4) is 0 Å². The van der Waals surface area contributed by atoms with Crippen LogP contribution in [0, 0.1) is 6.92 Å². The Kier molecular flexibility index (Phi) is 1.45. The summed E-state index contributed by atoms with van der Waals surface area (Å²) in [5.41, 5.74) is 0.0326. The van der Waals surface area contributed by atoms with Gasteiger partial charge in [-0.25, -0.2) is 4.79 Å².